The molecule has 0 saturated heterocycles. The second kappa shape index (κ2) is 5.81. The maximum Gasteiger partial charge on any atom is 0.296 e. The van der Waals surface area contributed by atoms with Crippen molar-refractivity contribution in [1.82, 2.24) is 4.98 Å². The Morgan fingerprint density at radius 3 is 2.68 bits per heavy atom. The van der Waals surface area contributed by atoms with Crippen molar-refractivity contribution in [3.63, 3.8) is 0 Å². The molecular formula is C13H13N3O3. The molecule has 0 aliphatic carbocycles. The molecule has 1 aromatic carbocycles. The molecule has 0 radical (unpaired) electrons. The summed E-state index contributed by atoms with van der Waals surface area (Å²) in [4.78, 5) is 14.5. The molecule has 1 aromatic heterocycles. The Labute approximate surface area is 110 Å². The van der Waals surface area contributed by atoms with Gasteiger partial charge in [0.25, 0.3) is 5.69 Å². The van der Waals surface area contributed by atoms with Crippen molar-refractivity contribution in [3.05, 3.63) is 58.4 Å². The van der Waals surface area contributed by atoms with Crippen LogP contribution >= 0.6 is 0 Å². The van der Waals surface area contributed by atoms with Crippen LogP contribution in [0.5, 0.6) is 5.75 Å². The molecule has 0 aliphatic heterocycles. The van der Waals surface area contributed by atoms with Crippen molar-refractivity contribution in [3.8, 4) is 5.75 Å². The number of nitro groups is 1. The lowest BCUT2D eigenvalue weighted by Gasteiger charge is -2.08. The van der Waals surface area contributed by atoms with Crippen LogP contribution in [-0.2, 0) is 6.54 Å². The third-order valence-electron chi connectivity index (χ3n) is 2.63. The lowest BCUT2D eigenvalue weighted by molar-refractivity contribution is -0.384. The van der Waals surface area contributed by atoms with Gasteiger partial charge in [-0.05, 0) is 29.8 Å². The zero-order chi connectivity index (χ0) is 13.7. The Morgan fingerprint density at radius 2 is 2.05 bits per heavy atom. The first-order valence-electron chi connectivity index (χ1n) is 5.66. The lowest BCUT2D eigenvalue weighted by Crippen LogP contribution is -2.03. The molecule has 0 fully saturated rings. The fourth-order valence-electron chi connectivity index (χ4n) is 1.64. The van der Waals surface area contributed by atoms with Crippen LogP contribution in [0, 0.1) is 10.1 Å². The zero-order valence-electron chi connectivity index (χ0n) is 10.4. The Morgan fingerprint density at radius 1 is 1.32 bits per heavy atom. The van der Waals surface area contributed by atoms with Gasteiger partial charge in [0, 0.05) is 18.9 Å². The molecule has 0 spiro atoms. The van der Waals surface area contributed by atoms with E-state index in [1.54, 1.807) is 24.5 Å². The van der Waals surface area contributed by atoms with Gasteiger partial charge >= 0.3 is 0 Å². The van der Waals surface area contributed by atoms with Crippen LogP contribution < -0.4 is 10.1 Å². The van der Waals surface area contributed by atoms with Crippen molar-refractivity contribution in [2.24, 2.45) is 0 Å². The minimum absolute atomic E-state index is 0.00611. The van der Waals surface area contributed by atoms with Crippen LogP contribution in [0.4, 0.5) is 11.4 Å². The summed E-state index contributed by atoms with van der Waals surface area (Å²) in [6.45, 7) is 0.496. The van der Waals surface area contributed by atoms with E-state index in [0.717, 1.165) is 5.56 Å². The van der Waals surface area contributed by atoms with E-state index in [9.17, 15) is 10.1 Å². The molecule has 2 aromatic rings. The number of benzene rings is 1. The first kappa shape index (κ1) is 12.8. The van der Waals surface area contributed by atoms with Crippen molar-refractivity contribution in [2.45, 2.75) is 6.54 Å². The summed E-state index contributed by atoms with van der Waals surface area (Å²) < 4.78 is 4.98. The van der Waals surface area contributed by atoms with Crippen LogP contribution in [0.25, 0.3) is 0 Å². The first-order chi connectivity index (χ1) is 9.20. The maximum atomic E-state index is 11.0. The van der Waals surface area contributed by atoms with Gasteiger partial charge in [-0.1, -0.05) is 0 Å². The molecule has 1 heterocycles. The Hall–Kier alpha value is -2.63. The molecule has 98 valence electrons. The van der Waals surface area contributed by atoms with Crippen LogP contribution in [0.15, 0.2) is 42.7 Å². The van der Waals surface area contributed by atoms with Crippen LogP contribution in [0.2, 0.25) is 0 Å². The zero-order valence-corrected chi connectivity index (χ0v) is 10.4. The number of anilines is 1. The fourth-order valence-corrected chi connectivity index (χ4v) is 1.64. The van der Waals surface area contributed by atoms with E-state index in [4.69, 9.17) is 4.74 Å². The predicted octanol–water partition coefficient (Wildman–Crippen LogP) is 2.61. The monoisotopic (exact) mass is 259 g/mol. The van der Waals surface area contributed by atoms with Gasteiger partial charge in [-0.2, -0.15) is 0 Å². The molecule has 0 atom stereocenters. The van der Waals surface area contributed by atoms with Gasteiger partial charge in [-0.25, -0.2) is 0 Å². The maximum absolute atomic E-state index is 11.0. The van der Waals surface area contributed by atoms with E-state index in [2.05, 4.69) is 10.3 Å². The summed E-state index contributed by atoms with van der Waals surface area (Å²) in [5.41, 5.74) is 1.45. The van der Waals surface area contributed by atoms with E-state index in [1.165, 1.54) is 13.2 Å². The molecule has 0 aliphatic rings. The summed E-state index contributed by atoms with van der Waals surface area (Å²) in [6.07, 6.45) is 3.36. The SMILES string of the molecule is COc1ccc(NCc2ccncc2)c([N+](=O)[O-])c1. The molecule has 2 rings (SSSR count). The van der Waals surface area contributed by atoms with Gasteiger partial charge in [0.05, 0.1) is 18.1 Å². The molecule has 0 amide bonds. The van der Waals surface area contributed by atoms with Crippen LogP contribution in [0.1, 0.15) is 5.56 Å². The van der Waals surface area contributed by atoms with Crippen molar-refractivity contribution in [2.75, 3.05) is 12.4 Å². The average Bonchev–Trinajstić information content (AvgIpc) is 2.46. The molecule has 0 bridgehead atoms. The number of methoxy groups -OCH3 is 1. The largest absolute Gasteiger partial charge is 0.496 e. The highest BCUT2D eigenvalue weighted by molar-refractivity contribution is 5.63. The second-order valence-corrected chi connectivity index (χ2v) is 3.85. The van der Waals surface area contributed by atoms with Gasteiger partial charge in [0.15, 0.2) is 0 Å². The van der Waals surface area contributed by atoms with Crippen molar-refractivity contribution < 1.29 is 9.66 Å². The predicted molar refractivity (Wildman–Crippen MR) is 71.2 cm³/mol. The van der Waals surface area contributed by atoms with Crippen molar-refractivity contribution in [1.29, 1.82) is 0 Å². The number of ether oxygens (including phenoxy) is 1. The van der Waals surface area contributed by atoms with E-state index in [0.29, 0.717) is 18.0 Å². The van der Waals surface area contributed by atoms with Gasteiger partial charge in [-0.3, -0.25) is 15.1 Å². The number of nitro benzene ring substituents is 1. The molecule has 19 heavy (non-hydrogen) atoms. The number of aromatic nitrogens is 1. The molecule has 6 heteroatoms. The first-order valence-corrected chi connectivity index (χ1v) is 5.66. The Kier molecular flexibility index (Phi) is 3.92. The topological polar surface area (TPSA) is 77.3 Å². The minimum atomic E-state index is -0.433. The highest BCUT2D eigenvalue weighted by Crippen LogP contribution is 2.29. The van der Waals surface area contributed by atoms with Gasteiger partial charge in [0.1, 0.15) is 11.4 Å². The average molecular weight is 259 g/mol. The summed E-state index contributed by atoms with van der Waals surface area (Å²) in [5.74, 6) is 0.459. The summed E-state index contributed by atoms with van der Waals surface area (Å²) in [6, 6.07) is 8.42. The minimum Gasteiger partial charge on any atom is -0.496 e. The van der Waals surface area contributed by atoms with Gasteiger partial charge in [0.2, 0.25) is 0 Å². The van der Waals surface area contributed by atoms with E-state index in [-0.39, 0.29) is 5.69 Å². The normalized spacial score (nSPS) is 9.95. The van der Waals surface area contributed by atoms with E-state index < -0.39 is 4.92 Å². The van der Waals surface area contributed by atoms with Gasteiger partial charge in [-0.15, -0.1) is 0 Å². The molecule has 1 N–H and O–H groups in total. The molecule has 0 saturated carbocycles. The summed E-state index contributed by atoms with van der Waals surface area (Å²) >= 11 is 0. The lowest BCUT2D eigenvalue weighted by atomic mass is 10.2. The standard InChI is InChI=1S/C13H13N3O3/c1-19-11-2-3-12(13(8-11)16(17)18)15-9-10-4-6-14-7-5-10/h2-8,15H,9H2,1H3. The second-order valence-electron chi connectivity index (χ2n) is 3.85. The number of hydrogen-bond acceptors (Lipinski definition) is 5. The molecule has 6 nitrogen and oxygen atoms in total. The summed E-state index contributed by atoms with van der Waals surface area (Å²) in [7, 11) is 1.48. The Bertz CT molecular complexity index is 573. The molecular weight excluding hydrogens is 246 g/mol. The number of nitrogens with one attached hydrogen (secondary N) is 1. The third-order valence-corrected chi connectivity index (χ3v) is 2.63. The fraction of sp³-hybridized carbons (Fsp3) is 0.154. The quantitative estimate of drug-likeness (QED) is 0.659. The molecule has 0 unspecified atom stereocenters. The van der Waals surface area contributed by atoms with Gasteiger partial charge < -0.3 is 10.1 Å². The smallest absolute Gasteiger partial charge is 0.296 e. The van der Waals surface area contributed by atoms with Crippen LogP contribution in [-0.4, -0.2) is 17.0 Å². The Balaban J connectivity index is 2.18. The highest BCUT2D eigenvalue weighted by Gasteiger charge is 2.14. The number of nitrogens with zero attached hydrogens (tertiary/aromatic N) is 2. The summed E-state index contributed by atoms with van der Waals surface area (Å²) in [5, 5.41) is 14.0. The third kappa shape index (κ3) is 3.19. The van der Waals surface area contributed by atoms with Crippen molar-refractivity contribution >= 4 is 11.4 Å². The van der Waals surface area contributed by atoms with E-state index in [1.807, 2.05) is 12.1 Å². The number of rotatable bonds is 5. The number of pyridine rings is 1. The number of hydrogen-bond donors (Lipinski definition) is 1. The van der Waals surface area contributed by atoms with E-state index >= 15 is 0 Å². The van der Waals surface area contributed by atoms with Crippen LogP contribution in [0.3, 0.4) is 0 Å². The highest BCUT2D eigenvalue weighted by atomic mass is 16.6.